The highest BCUT2D eigenvalue weighted by Crippen LogP contribution is 2.43. The minimum Gasteiger partial charge on any atom is -0.493 e. The van der Waals surface area contributed by atoms with Gasteiger partial charge in [-0.1, -0.05) is 24.3 Å². The molecule has 0 fully saturated rings. The summed E-state index contributed by atoms with van der Waals surface area (Å²) < 4.78 is 35.7. The largest absolute Gasteiger partial charge is 0.493 e. The number of rotatable bonds is 8. The molecule has 0 saturated carbocycles. The topological polar surface area (TPSA) is 52.5 Å². The number of allylic oxidation sites excluding steroid dienone is 1. The Morgan fingerprint density at radius 2 is 1.44 bits per heavy atom. The van der Waals surface area contributed by atoms with E-state index in [-0.39, 0.29) is 11.9 Å². The lowest BCUT2D eigenvalue weighted by Gasteiger charge is -2.26. The maximum atomic E-state index is 13.6. The molecule has 0 amide bonds. The fourth-order valence-corrected chi connectivity index (χ4v) is 4.11. The first-order valence-corrected chi connectivity index (χ1v) is 10.8. The van der Waals surface area contributed by atoms with Crippen molar-refractivity contribution < 1.29 is 23.3 Å². The number of hydrogen-bond donors (Lipinski definition) is 0. The van der Waals surface area contributed by atoms with Gasteiger partial charge in [0, 0.05) is 17.5 Å². The number of hydrazone groups is 1. The predicted octanol–water partition coefficient (Wildman–Crippen LogP) is 5.88. The lowest BCUT2D eigenvalue weighted by molar-refractivity contribution is 0.349. The Labute approximate surface area is 198 Å². The second-order valence-corrected chi connectivity index (χ2v) is 7.63. The molecular weight excluding hydrogens is 435 g/mol. The minimum absolute atomic E-state index is 0.164. The summed E-state index contributed by atoms with van der Waals surface area (Å²) >= 11 is 0. The van der Waals surface area contributed by atoms with Crippen LogP contribution in [0.5, 0.6) is 23.0 Å². The third kappa shape index (κ3) is 4.55. The molecule has 0 unspecified atom stereocenters. The van der Waals surface area contributed by atoms with Gasteiger partial charge in [0.1, 0.15) is 5.82 Å². The Morgan fingerprint density at radius 3 is 2.09 bits per heavy atom. The maximum Gasteiger partial charge on any atom is 0.167 e. The van der Waals surface area contributed by atoms with Crippen molar-refractivity contribution in [3.63, 3.8) is 0 Å². The van der Waals surface area contributed by atoms with Crippen LogP contribution in [0, 0.1) is 5.82 Å². The molecule has 1 heterocycles. The SMILES string of the molecule is COc1cccc(/C=C/C2=NN(c3ccc(F)cc3)[C@H](c3cccc(OC)c3OC)C2)c1OC. The van der Waals surface area contributed by atoms with Gasteiger partial charge in [-0.3, -0.25) is 5.01 Å². The average Bonchev–Trinajstić information content (AvgIpc) is 3.30. The smallest absolute Gasteiger partial charge is 0.167 e. The van der Waals surface area contributed by atoms with Gasteiger partial charge < -0.3 is 18.9 Å². The lowest BCUT2D eigenvalue weighted by atomic mass is 9.99. The highest BCUT2D eigenvalue weighted by molar-refractivity contribution is 6.01. The van der Waals surface area contributed by atoms with E-state index >= 15 is 0 Å². The lowest BCUT2D eigenvalue weighted by Crippen LogP contribution is -2.19. The Morgan fingerprint density at radius 1 is 0.794 bits per heavy atom. The van der Waals surface area contributed by atoms with Crippen molar-refractivity contribution in [1.82, 2.24) is 0 Å². The van der Waals surface area contributed by atoms with E-state index in [2.05, 4.69) is 0 Å². The third-order valence-corrected chi connectivity index (χ3v) is 5.71. The number of nitrogens with zero attached hydrogens (tertiary/aromatic N) is 2. The minimum atomic E-state index is -0.298. The molecule has 0 N–H and O–H groups in total. The highest BCUT2D eigenvalue weighted by atomic mass is 19.1. The van der Waals surface area contributed by atoms with Gasteiger partial charge in [-0.15, -0.1) is 0 Å². The number of methoxy groups -OCH3 is 4. The van der Waals surface area contributed by atoms with Crippen molar-refractivity contribution in [2.75, 3.05) is 33.4 Å². The molecule has 1 atom stereocenters. The standard InChI is InChI=1S/C27H27FN2O4/c1-31-24-9-5-7-18(26(24)33-3)11-14-20-17-23(22-8-6-10-25(32-2)27(22)34-4)30(29-20)21-15-12-19(28)13-16-21/h5-16,23H,17H2,1-4H3/b14-11+/t23-/m0/s1. The van der Waals surface area contributed by atoms with Crippen molar-refractivity contribution in [2.45, 2.75) is 12.5 Å². The molecule has 0 radical (unpaired) electrons. The summed E-state index contributed by atoms with van der Waals surface area (Å²) in [6.45, 7) is 0. The molecule has 1 aliphatic heterocycles. The zero-order chi connectivity index (χ0) is 24.1. The summed E-state index contributed by atoms with van der Waals surface area (Å²) in [5.41, 5.74) is 3.43. The van der Waals surface area contributed by atoms with Crippen molar-refractivity contribution >= 4 is 17.5 Å². The van der Waals surface area contributed by atoms with Gasteiger partial charge in [-0.05, 0) is 48.6 Å². The first-order chi connectivity index (χ1) is 16.6. The number of ether oxygens (including phenoxy) is 4. The van der Waals surface area contributed by atoms with Crippen LogP contribution in [0.3, 0.4) is 0 Å². The van der Waals surface area contributed by atoms with Gasteiger partial charge in [0.05, 0.1) is 45.9 Å². The van der Waals surface area contributed by atoms with Crippen LogP contribution in [0.2, 0.25) is 0 Å². The van der Waals surface area contributed by atoms with Gasteiger partial charge in [0.15, 0.2) is 23.0 Å². The van der Waals surface area contributed by atoms with E-state index in [1.807, 2.05) is 53.6 Å². The molecule has 1 aliphatic rings. The Balaban J connectivity index is 1.73. The van der Waals surface area contributed by atoms with E-state index in [9.17, 15) is 4.39 Å². The van der Waals surface area contributed by atoms with E-state index in [1.165, 1.54) is 12.1 Å². The Hall–Kier alpha value is -4.00. The molecule has 0 saturated heterocycles. The van der Waals surface area contributed by atoms with Crippen LogP contribution >= 0.6 is 0 Å². The van der Waals surface area contributed by atoms with E-state index in [0.717, 1.165) is 22.5 Å². The predicted molar refractivity (Wildman–Crippen MR) is 132 cm³/mol. The normalized spacial score (nSPS) is 15.4. The fourth-order valence-electron chi connectivity index (χ4n) is 4.11. The maximum absolute atomic E-state index is 13.6. The van der Waals surface area contributed by atoms with E-state index < -0.39 is 0 Å². The van der Waals surface area contributed by atoms with Crippen LogP contribution in [0.15, 0.2) is 71.8 Å². The van der Waals surface area contributed by atoms with Crippen molar-refractivity contribution in [3.05, 3.63) is 83.7 Å². The second kappa shape index (κ2) is 10.3. The molecule has 6 nitrogen and oxygen atoms in total. The zero-order valence-electron chi connectivity index (χ0n) is 19.6. The van der Waals surface area contributed by atoms with E-state index in [4.69, 9.17) is 24.0 Å². The van der Waals surface area contributed by atoms with Gasteiger partial charge in [0.25, 0.3) is 0 Å². The van der Waals surface area contributed by atoms with Crippen LogP contribution in [-0.4, -0.2) is 34.2 Å². The molecule has 0 aromatic heterocycles. The highest BCUT2D eigenvalue weighted by Gasteiger charge is 2.31. The van der Waals surface area contributed by atoms with Crippen LogP contribution in [-0.2, 0) is 0 Å². The van der Waals surface area contributed by atoms with Gasteiger partial charge >= 0.3 is 0 Å². The Kier molecular flexibility index (Phi) is 7.01. The molecular formula is C27H27FN2O4. The summed E-state index contributed by atoms with van der Waals surface area (Å²) in [5.74, 6) is 2.31. The summed E-state index contributed by atoms with van der Waals surface area (Å²) in [7, 11) is 6.46. The molecule has 0 bridgehead atoms. The monoisotopic (exact) mass is 462 g/mol. The average molecular weight is 463 g/mol. The van der Waals surface area contributed by atoms with E-state index in [1.54, 1.807) is 40.6 Å². The van der Waals surface area contributed by atoms with Gasteiger partial charge in [0.2, 0.25) is 0 Å². The molecule has 0 spiro atoms. The number of para-hydroxylation sites is 2. The van der Waals surface area contributed by atoms with E-state index in [0.29, 0.717) is 29.4 Å². The molecule has 0 aliphatic carbocycles. The second-order valence-electron chi connectivity index (χ2n) is 7.63. The first kappa shape index (κ1) is 23.2. The number of anilines is 1. The Bertz CT molecular complexity index is 1210. The molecule has 3 aromatic rings. The summed E-state index contributed by atoms with van der Waals surface area (Å²) in [5, 5.41) is 6.75. The number of halogens is 1. The molecule has 176 valence electrons. The van der Waals surface area contributed by atoms with Gasteiger partial charge in [-0.2, -0.15) is 5.10 Å². The molecule has 7 heteroatoms. The first-order valence-electron chi connectivity index (χ1n) is 10.8. The van der Waals surface area contributed by atoms with Crippen molar-refractivity contribution in [2.24, 2.45) is 5.10 Å². The fraction of sp³-hybridized carbons (Fsp3) is 0.222. The van der Waals surface area contributed by atoms with Gasteiger partial charge in [-0.25, -0.2) is 4.39 Å². The molecule has 34 heavy (non-hydrogen) atoms. The number of hydrogen-bond acceptors (Lipinski definition) is 6. The van der Waals surface area contributed by atoms with Crippen LogP contribution in [0.4, 0.5) is 10.1 Å². The van der Waals surface area contributed by atoms with Crippen LogP contribution in [0.25, 0.3) is 6.08 Å². The molecule has 3 aromatic carbocycles. The quantitative estimate of drug-likeness (QED) is 0.418. The summed E-state index contributed by atoms with van der Waals surface area (Å²) in [4.78, 5) is 0. The van der Waals surface area contributed by atoms with Crippen LogP contribution in [0.1, 0.15) is 23.6 Å². The summed E-state index contributed by atoms with van der Waals surface area (Å²) in [6.07, 6.45) is 4.53. The zero-order valence-corrected chi connectivity index (χ0v) is 19.6. The van der Waals surface area contributed by atoms with Crippen LogP contribution < -0.4 is 24.0 Å². The number of benzene rings is 3. The van der Waals surface area contributed by atoms with Crippen molar-refractivity contribution in [3.8, 4) is 23.0 Å². The van der Waals surface area contributed by atoms with Crippen molar-refractivity contribution in [1.29, 1.82) is 0 Å². The molecule has 4 rings (SSSR count). The third-order valence-electron chi connectivity index (χ3n) is 5.71. The summed E-state index contributed by atoms with van der Waals surface area (Å²) in [6, 6.07) is 17.6.